The van der Waals surface area contributed by atoms with Gasteiger partial charge in [-0.25, -0.2) is 0 Å². The SMILES string of the molecule is CC(=O)C1CCC(=O)N1Cc1ccc(C#N)cc1. The number of hydrogen-bond donors (Lipinski definition) is 0. The van der Waals surface area contributed by atoms with Crippen molar-refractivity contribution in [3.63, 3.8) is 0 Å². The second-order valence-corrected chi connectivity index (χ2v) is 4.50. The minimum Gasteiger partial charge on any atom is -0.328 e. The van der Waals surface area contributed by atoms with Gasteiger partial charge in [-0.3, -0.25) is 9.59 Å². The van der Waals surface area contributed by atoms with Crippen LogP contribution in [-0.4, -0.2) is 22.6 Å². The first kappa shape index (κ1) is 12.3. The number of nitrogens with zero attached hydrogens (tertiary/aromatic N) is 2. The number of Topliss-reactive ketones (excluding diaryl/α,β-unsaturated/α-hetero) is 1. The van der Waals surface area contributed by atoms with E-state index in [4.69, 9.17) is 5.26 Å². The first-order chi connectivity index (χ1) is 8.61. The van der Waals surface area contributed by atoms with Crippen molar-refractivity contribution in [2.45, 2.75) is 32.4 Å². The molecule has 4 heteroatoms. The average molecular weight is 242 g/mol. The summed E-state index contributed by atoms with van der Waals surface area (Å²) in [4.78, 5) is 24.8. The number of nitriles is 1. The number of ketones is 1. The first-order valence-corrected chi connectivity index (χ1v) is 5.91. The van der Waals surface area contributed by atoms with Crippen LogP contribution >= 0.6 is 0 Å². The van der Waals surface area contributed by atoms with E-state index in [1.165, 1.54) is 6.92 Å². The Balaban J connectivity index is 2.14. The highest BCUT2D eigenvalue weighted by Crippen LogP contribution is 2.22. The minimum atomic E-state index is -0.284. The molecule has 0 spiro atoms. The Morgan fingerprint density at radius 3 is 2.67 bits per heavy atom. The summed E-state index contributed by atoms with van der Waals surface area (Å²) in [7, 11) is 0. The Kier molecular flexibility index (Phi) is 3.42. The van der Waals surface area contributed by atoms with Gasteiger partial charge in [-0.1, -0.05) is 12.1 Å². The van der Waals surface area contributed by atoms with Gasteiger partial charge in [-0.05, 0) is 31.0 Å². The lowest BCUT2D eigenvalue weighted by Crippen LogP contribution is -2.36. The van der Waals surface area contributed by atoms with Crippen molar-refractivity contribution in [2.75, 3.05) is 0 Å². The molecule has 1 saturated heterocycles. The van der Waals surface area contributed by atoms with Crippen LogP contribution in [0.15, 0.2) is 24.3 Å². The van der Waals surface area contributed by atoms with Crippen LogP contribution in [0.1, 0.15) is 30.9 Å². The molecule has 1 aliphatic rings. The summed E-state index contributed by atoms with van der Waals surface area (Å²) in [6, 6.07) is 8.85. The molecule has 1 atom stereocenters. The van der Waals surface area contributed by atoms with Crippen LogP contribution in [0.25, 0.3) is 0 Å². The number of carbonyl (C=O) groups excluding carboxylic acids is 2. The minimum absolute atomic E-state index is 0.0274. The van der Waals surface area contributed by atoms with Gasteiger partial charge in [0.05, 0.1) is 17.7 Å². The number of benzene rings is 1. The highest BCUT2D eigenvalue weighted by molar-refractivity contribution is 5.90. The maximum absolute atomic E-state index is 11.7. The lowest BCUT2D eigenvalue weighted by molar-refractivity contribution is -0.134. The van der Waals surface area contributed by atoms with Crippen molar-refractivity contribution < 1.29 is 9.59 Å². The highest BCUT2D eigenvalue weighted by atomic mass is 16.2. The van der Waals surface area contributed by atoms with E-state index in [1.54, 1.807) is 17.0 Å². The fourth-order valence-electron chi connectivity index (χ4n) is 2.24. The molecule has 1 heterocycles. The molecule has 4 nitrogen and oxygen atoms in total. The summed E-state index contributed by atoms with van der Waals surface area (Å²) in [5, 5.41) is 8.71. The number of amides is 1. The smallest absolute Gasteiger partial charge is 0.223 e. The molecule has 0 N–H and O–H groups in total. The largest absolute Gasteiger partial charge is 0.328 e. The predicted octanol–water partition coefficient (Wildman–Crippen LogP) is 1.64. The zero-order valence-electron chi connectivity index (χ0n) is 10.2. The van der Waals surface area contributed by atoms with Gasteiger partial charge in [-0.15, -0.1) is 0 Å². The molecular weight excluding hydrogens is 228 g/mol. The summed E-state index contributed by atoms with van der Waals surface area (Å²) < 4.78 is 0. The van der Waals surface area contributed by atoms with Crippen LogP contribution in [0.4, 0.5) is 0 Å². The standard InChI is InChI=1S/C14H14N2O2/c1-10(17)13-6-7-14(18)16(13)9-12-4-2-11(8-15)3-5-12/h2-5,13H,6-7,9H2,1H3. The molecule has 18 heavy (non-hydrogen) atoms. The van der Waals surface area contributed by atoms with Gasteiger partial charge in [0, 0.05) is 13.0 Å². The Morgan fingerprint density at radius 2 is 2.11 bits per heavy atom. The van der Waals surface area contributed by atoms with Gasteiger partial charge in [-0.2, -0.15) is 5.26 Å². The van der Waals surface area contributed by atoms with Crippen molar-refractivity contribution in [3.05, 3.63) is 35.4 Å². The monoisotopic (exact) mass is 242 g/mol. The van der Waals surface area contributed by atoms with Crippen LogP contribution in [0.2, 0.25) is 0 Å². The number of hydrogen-bond acceptors (Lipinski definition) is 3. The Labute approximate surface area is 106 Å². The predicted molar refractivity (Wildman–Crippen MR) is 65.4 cm³/mol. The average Bonchev–Trinajstić information content (AvgIpc) is 2.72. The molecule has 1 aromatic rings. The van der Waals surface area contributed by atoms with Crippen molar-refractivity contribution in [2.24, 2.45) is 0 Å². The molecule has 1 amide bonds. The molecule has 92 valence electrons. The fraction of sp³-hybridized carbons (Fsp3) is 0.357. The Morgan fingerprint density at radius 1 is 1.44 bits per heavy atom. The van der Waals surface area contributed by atoms with Gasteiger partial charge in [0.25, 0.3) is 0 Å². The summed E-state index contributed by atoms with van der Waals surface area (Å²) in [5.74, 6) is 0.0639. The molecular formula is C14H14N2O2. The van der Waals surface area contributed by atoms with Crippen molar-refractivity contribution in [1.82, 2.24) is 4.90 Å². The molecule has 0 radical (unpaired) electrons. The lowest BCUT2D eigenvalue weighted by atomic mass is 10.1. The van der Waals surface area contributed by atoms with E-state index in [1.807, 2.05) is 18.2 Å². The van der Waals surface area contributed by atoms with E-state index < -0.39 is 0 Å². The van der Waals surface area contributed by atoms with Crippen molar-refractivity contribution in [3.8, 4) is 6.07 Å². The van der Waals surface area contributed by atoms with Crippen LogP contribution in [0, 0.1) is 11.3 Å². The quantitative estimate of drug-likeness (QED) is 0.809. The van der Waals surface area contributed by atoms with Gasteiger partial charge < -0.3 is 4.90 Å². The third-order valence-corrected chi connectivity index (χ3v) is 3.23. The molecule has 1 aromatic carbocycles. The van der Waals surface area contributed by atoms with E-state index in [0.717, 1.165) is 5.56 Å². The third kappa shape index (κ3) is 2.40. The first-order valence-electron chi connectivity index (χ1n) is 5.91. The molecule has 0 saturated carbocycles. The molecule has 2 rings (SSSR count). The summed E-state index contributed by atoms with van der Waals surface area (Å²) in [6.07, 6.45) is 1.06. The summed E-state index contributed by atoms with van der Waals surface area (Å²) >= 11 is 0. The van der Waals surface area contributed by atoms with Crippen LogP contribution in [0.3, 0.4) is 0 Å². The van der Waals surface area contributed by atoms with Crippen molar-refractivity contribution in [1.29, 1.82) is 5.26 Å². The molecule has 0 bridgehead atoms. The van der Waals surface area contributed by atoms with Gasteiger partial charge in [0.15, 0.2) is 5.78 Å². The Hall–Kier alpha value is -2.15. The molecule has 1 aliphatic heterocycles. The van der Waals surface area contributed by atoms with E-state index in [0.29, 0.717) is 24.9 Å². The zero-order valence-corrected chi connectivity index (χ0v) is 10.2. The summed E-state index contributed by atoms with van der Waals surface area (Å²) in [5.41, 5.74) is 1.53. The lowest BCUT2D eigenvalue weighted by Gasteiger charge is -2.22. The van der Waals surface area contributed by atoms with Gasteiger partial charge in [0.1, 0.15) is 0 Å². The molecule has 0 aliphatic carbocycles. The third-order valence-electron chi connectivity index (χ3n) is 3.23. The molecule has 1 fully saturated rings. The molecule has 0 aromatic heterocycles. The number of likely N-dealkylation sites (tertiary alicyclic amines) is 1. The second kappa shape index (κ2) is 5.01. The molecule has 1 unspecified atom stereocenters. The van der Waals surface area contributed by atoms with E-state index in [2.05, 4.69) is 0 Å². The fourth-order valence-corrected chi connectivity index (χ4v) is 2.24. The van der Waals surface area contributed by atoms with E-state index >= 15 is 0 Å². The van der Waals surface area contributed by atoms with Crippen molar-refractivity contribution >= 4 is 11.7 Å². The van der Waals surface area contributed by atoms with Crippen LogP contribution in [0.5, 0.6) is 0 Å². The van der Waals surface area contributed by atoms with Crippen LogP contribution in [-0.2, 0) is 16.1 Å². The summed E-state index contributed by atoms with van der Waals surface area (Å²) in [6.45, 7) is 1.96. The van der Waals surface area contributed by atoms with E-state index in [-0.39, 0.29) is 17.7 Å². The topological polar surface area (TPSA) is 61.2 Å². The number of carbonyl (C=O) groups is 2. The van der Waals surface area contributed by atoms with Crippen LogP contribution < -0.4 is 0 Å². The van der Waals surface area contributed by atoms with Gasteiger partial charge >= 0.3 is 0 Å². The van der Waals surface area contributed by atoms with E-state index in [9.17, 15) is 9.59 Å². The zero-order chi connectivity index (χ0) is 13.1. The maximum atomic E-state index is 11.7. The highest BCUT2D eigenvalue weighted by Gasteiger charge is 2.33. The normalized spacial score (nSPS) is 18.8. The second-order valence-electron chi connectivity index (χ2n) is 4.50. The van der Waals surface area contributed by atoms with Gasteiger partial charge in [0.2, 0.25) is 5.91 Å². The Bertz CT molecular complexity index is 514. The maximum Gasteiger partial charge on any atom is 0.223 e. The number of rotatable bonds is 3.